The molecule has 0 atom stereocenters. The van der Waals surface area contributed by atoms with Gasteiger partial charge in [0.2, 0.25) is 10.0 Å². The SMILES string of the molecule is COc1ccc(C)cc1C(=O)NNC(=O)c1cccc(S(=O)(=O)N2CCCC2)c1. The fourth-order valence-electron chi connectivity index (χ4n) is 3.13. The van der Waals surface area contributed by atoms with E-state index in [1.807, 2.05) is 6.92 Å². The molecule has 9 heteroatoms. The zero-order valence-corrected chi connectivity index (χ0v) is 17.1. The van der Waals surface area contributed by atoms with Gasteiger partial charge in [0.05, 0.1) is 17.6 Å². The molecule has 8 nitrogen and oxygen atoms in total. The van der Waals surface area contributed by atoms with Crippen LogP contribution in [0, 0.1) is 6.92 Å². The first-order valence-corrected chi connectivity index (χ1v) is 10.6. The van der Waals surface area contributed by atoms with Crippen LogP contribution in [0.2, 0.25) is 0 Å². The number of hydrogen-bond acceptors (Lipinski definition) is 5. The van der Waals surface area contributed by atoms with E-state index in [1.54, 1.807) is 18.2 Å². The highest BCUT2D eigenvalue weighted by atomic mass is 32.2. The van der Waals surface area contributed by atoms with E-state index in [-0.39, 0.29) is 16.0 Å². The van der Waals surface area contributed by atoms with Crippen LogP contribution in [0.15, 0.2) is 47.4 Å². The Hall–Kier alpha value is -2.91. The number of sulfonamides is 1. The van der Waals surface area contributed by atoms with Gasteiger partial charge < -0.3 is 4.74 Å². The second-order valence-electron chi connectivity index (χ2n) is 6.75. The van der Waals surface area contributed by atoms with Crippen molar-refractivity contribution in [2.24, 2.45) is 0 Å². The smallest absolute Gasteiger partial charge is 0.273 e. The third kappa shape index (κ3) is 4.57. The van der Waals surface area contributed by atoms with E-state index in [2.05, 4.69) is 10.9 Å². The Balaban J connectivity index is 1.72. The van der Waals surface area contributed by atoms with Crippen LogP contribution in [0.1, 0.15) is 39.1 Å². The number of nitrogens with zero attached hydrogens (tertiary/aromatic N) is 1. The predicted molar refractivity (Wildman–Crippen MR) is 107 cm³/mol. The van der Waals surface area contributed by atoms with E-state index < -0.39 is 21.8 Å². The Kier molecular flexibility index (Phi) is 6.19. The minimum Gasteiger partial charge on any atom is -0.496 e. The van der Waals surface area contributed by atoms with Gasteiger partial charge >= 0.3 is 0 Å². The van der Waals surface area contributed by atoms with E-state index in [9.17, 15) is 18.0 Å². The zero-order valence-electron chi connectivity index (χ0n) is 16.3. The van der Waals surface area contributed by atoms with E-state index in [1.165, 1.54) is 35.7 Å². The number of carbonyl (C=O) groups is 2. The fourth-order valence-corrected chi connectivity index (χ4v) is 4.69. The molecule has 0 saturated carbocycles. The zero-order chi connectivity index (χ0) is 21.0. The van der Waals surface area contributed by atoms with Gasteiger partial charge in [-0.3, -0.25) is 20.4 Å². The normalized spacial score (nSPS) is 14.4. The summed E-state index contributed by atoms with van der Waals surface area (Å²) in [6, 6.07) is 10.9. The van der Waals surface area contributed by atoms with Gasteiger partial charge in [-0.1, -0.05) is 17.7 Å². The average molecular weight is 417 g/mol. The van der Waals surface area contributed by atoms with Crippen LogP contribution in [-0.2, 0) is 10.0 Å². The molecule has 0 bridgehead atoms. The maximum absolute atomic E-state index is 12.7. The number of hydrazine groups is 1. The molecule has 2 aromatic carbocycles. The molecule has 1 saturated heterocycles. The van der Waals surface area contributed by atoms with E-state index in [0.717, 1.165) is 18.4 Å². The Morgan fingerprint density at radius 1 is 1.00 bits per heavy atom. The molecular formula is C20H23N3O5S. The first-order valence-electron chi connectivity index (χ1n) is 9.18. The monoisotopic (exact) mass is 417 g/mol. The summed E-state index contributed by atoms with van der Waals surface area (Å²) in [5.74, 6) is -0.788. The van der Waals surface area contributed by atoms with Crippen molar-refractivity contribution in [2.75, 3.05) is 20.2 Å². The summed E-state index contributed by atoms with van der Waals surface area (Å²) < 4.78 is 31.9. The van der Waals surface area contributed by atoms with Crippen molar-refractivity contribution in [2.45, 2.75) is 24.7 Å². The summed E-state index contributed by atoms with van der Waals surface area (Å²) in [5.41, 5.74) is 5.91. The quantitative estimate of drug-likeness (QED) is 0.723. The summed E-state index contributed by atoms with van der Waals surface area (Å²) in [4.78, 5) is 24.9. The highest BCUT2D eigenvalue weighted by molar-refractivity contribution is 7.89. The molecule has 2 aromatic rings. The molecule has 2 N–H and O–H groups in total. The van der Waals surface area contributed by atoms with Crippen molar-refractivity contribution in [3.8, 4) is 5.75 Å². The lowest BCUT2D eigenvalue weighted by Crippen LogP contribution is -2.41. The number of rotatable bonds is 5. The van der Waals surface area contributed by atoms with Gasteiger partial charge in [0.25, 0.3) is 11.8 Å². The van der Waals surface area contributed by atoms with E-state index in [4.69, 9.17) is 4.74 Å². The van der Waals surface area contributed by atoms with Crippen molar-refractivity contribution in [3.05, 3.63) is 59.2 Å². The number of benzene rings is 2. The summed E-state index contributed by atoms with van der Waals surface area (Å²) >= 11 is 0. The molecule has 2 amide bonds. The van der Waals surface area contributed by atoms with Gasteiger partial charge in [0, 0.05) is 18.7 Å². The summed E-state index contributed by atoms with van der Waals surface area (Å²) in [7, 11) is -2.18. The van der Waals surface area contributed by atoms with Crippen molar-refractivity contribution in [1.82, 2.24) is 15.2 Å². The van der Waals surface area contributed by atoms with Crippen LogP contribution >= 0.6 is 0 Å². The second-order valence-corrected chi connectivity index (χ2v) is 8.69. The Bertz CT molecular complexity index is 1030. The van der Waals surface area contributed by atoms with Crippen molar-refractivity contribution >= 4 is 21.8 Å². The van der Waals surface area contributed by atoms with Crippen LogP contribution in [-0.4, -0.2) is 44.7 Å². The van der Waals surface area contributed by atoms with Gasteiger partial charge in [0.15, 0.2) is 0 Å². The number of carbonyl (C=O) groups excluding carboxylic acids is 2. The maximum atomic E-state index is 12.7. The van der Waals surface area contributed by atoms with Gasteiger partial charge in [-0.05, 0) is 50.1 Å². The average Bonchev–Trinajstić information content (AvgIpc) is 3.27. The molecular weight excluding hydrogens is 394 g/mol. The number of ether oxygens (including phenoxy) is 1. The minimum atomic E-state index is -3.63. The molecule has 0 radical (unpaired) electrons. The molecule has 29 heavy (non-hydrogen) atoms. The Morgan fingerprint density at radius 2 is 1.69 bits per heavy atom. The number of nitrogens with one attached hydrogen (secondary N) is 2. The highest BCUT2D eigenvalue weighted by Crippen LogP contribution is 2.22. The first-order chi connectivity index (χ1) is 13.8. The van der Waals surface area contributed by atoms with Crippen molar-refractivity contribution < 1.29 is 22.7 Å². The van der Waals surface area contributed by atoms with Gasteiger partial charge in [-0.2, -0.15) is 4.31 Å². The standard InChI is InChI=1S/C20H23N3O5S/c1-14-8-9-18(28-2)17(12-14)20(25)22-21-19(24)15-6-5-7-16(13-15)29(26,27)23-10-3-4-11-23/h5-9,12-13H,3-4,10-11H2,1-2H3,(H,21,24)(H,22,25). The van der Waals surface area contributed by atoms with Crippen molar-refractivity contribution in [3.63, 3.8) is 0 Å². The Labute approximate surface area is 169 Å². The van der Waals surface area contributed by atoms with Gasteiger partial charge in [-0.15, -0.1) is 0 Å². The first kappa shape index (κ1) is 20.8. The summed E-state index contributed by atoms with van der Waals surface area (Å²) in [6.07, 6.45) is 1.65. The van der Waals surface area contributed by atoms with Crippen LogP contribution in [0.5, 0.6) is 5.75 Å². The molecule has 3 rings (SSSR count). The summed E-state index contributed by atoms with van der Waals surface area (Å²) in [5, 5.41) is 0. The van der Waals surface area contributed by atoms with Gasteiger partial charge in [-0.25, -0.2) is 8.42 Å². The number of amides is 2. The highest BCUT2D eigenvalue weighted by Gasteiger charge is 2.27. The van der Waals surface area contributed by atoms with Crippen LogP contribution in [0.3, 0.4) is 0 Å². The molecule has 1 aliphatic heterocycles. The van der Waals surface area contributed by atoms with E-state index >= 15 is 0 Å². The molecule has 154 valence electrons. The van der Waals surface area contributed by atoms with Crippen LogP contribution < -0.4 is 15.6 Å². The third-order valence-electron chi connectivity index (χ3n) is 4.69. The lowest BCUT2D eigenvalue weighted by molar-refractivity contribution is 0.0844. The molecule has 1 fully saturated rings. The minimum absolute atomic E-state index is 0.0544. The van der Waals surface area contributed by atoms with Crippen LogP contribution in [0.4, 0.5) is 0 Å². The van der Waals surface area contributed by atoms with E-state index in [0.29, 0.717) is 18.8 Å². The number of methoxy groups -OCH3 is 1. The lowest BCUT2D eigenvalue weighted by atomic mass is 10.1. The largest absolute Gasteiger partial charge is 0.496 e. The molecule has 1 aliphatic rings. The third-order valence-corrected chi connectivity index (χ3v) is 6.58. The Morgan fingerprint density at radius 3 is 2.38 bits per heavy atom. The molecule has 0 aliphatic carbocycles. The number of aryl methyl sites for hydroxylation is 1. The topological polar surface area (TPSA) is 105 Å². The van der Waals surface area contributed by atoms with Crippen molar-refractivity contribution in [1.29, 1.82) is 0 Å². The van der Waals surface area contributed by atoms with Gasteiger partial charge in [0.1, 0.15) is 5.75 Å². The maximum Gasteiger partial charge on any atom is 0.273 e. The number of hydrogen-bond donors (Lipinski definition) is 2. The summed E-state index contributed by atoms with van der Waals surface area (Å²) in [6.45, 7) is 2.79. The molecule has 0 aromatic heterocycles. The lowest BCUT2D eigenvalue weighted by Gasteiger charge is -2.16. The molecule has 1 heterocycles. The predicted octanol–water partition coefficient (Wildman–Crippen LogP) is 1.86. The second kappa shape index (κ2) is 8.62. The fraction of sp³-hybridized carbons (Fsp3) is 0.300. The molecule has 0 unspecified atom stereocenters. The molecule has 0 spiro atoms. The van der Waals surface area contributed by atoms with Crippen LogP contribution in [0.25, 0.3) is 0 Å².